The summed E-state index contributed by atoms with van der Waals surface area (Å²) in [7, 11) is 0. The quantitative estimate of drug-likeness (QED) is 0.711. The van der Waals surface area contributed by atoms with Crippen LogP contribution in [0.4, 0.5) is 0 Å². The topological polar surface area (TPSA) is 17.1 Å². The van der Waals surface area contributed by atoms with E-state index < -0.39 is 0 Å². The van der Waals surface area contributed by atoms with E-state index in [0.717, 1.165) is 17.6 Å². The van der Waals surface area contributed by atoms with Crippen LogP contribution in [0.3, 0.4) is 0 Å². The maximum absolute atomic E-state index is 11.7. The average molecular weight is 257 g/mol. The van der Waals surface area contributed by atoms with E-state index in [9.17, 15) is 4.79 Å². The fraction of sp³-hybridized carbons (Fsp3) is 0.308. The second-order valence-corrected chi connectivity index (χ2v) is 4.58. The molecule has 0 heterocycles. The normalized spacial score (nSPS) is 10.2. The number of carbonyl (C=O) groups is 1. The summed E-state index contributed by atoms with van der Waals surface area (Å²) in [5.41, 5.74) is 1.77. The maximum atomic E-state index is 11.7. The van der Waals surface area contributed by atoms with Crippen molar-refractivity contribution in [2.45, 2.75) is 26.2 Å². The number of ketones is 1. The minimum absolute atomic E-state index is 0.135. The molecule has 3 heteroatoms. The second kappa shape index (κ2) is 6.07. The zero-order valence-electron chi connectivity index (χ0n) is 9.22. The molecule has 0 atom stereocenters. The average Bonchev–Trinajstić information content (AvgIpc) is 2.22. The van der Waals surface area contributed by atoms with Crippen LogP contribution < -0.4 is 0 Å². The smallest absolute Gasteiger partial charge is 0.141 e. The molecule has 1 nitrogen and oxygen atoms in total. The molecule has 0 unspecified atom stereocenters. The number of benzene rings is 1. The number of rotatable bonds is 5. The minimum atomic E-state index is 0.135. The molecule has 0 aromatic heterocycles. The van der Waals surface area contributed by atoms with Gasteiger partial charge < -0.3 is 0 Å². The van der Waals surface area contributed by atoms with Gasteiger partial charge in [-0.15, -0.1) is 0 Å². The number of halogens is 2. The monoisotopic (exact) mass is 256 g/mol. The highest BCUT2D eigenvalue weighted by molar-refractivity contribution is 6.35. The van der Waals surface area contributed by atoms with Gasteiger partial charge in [0.15, 0.2) is 0 Å². The van der Waals surface area contributed by atoms with E-state index in [1.807, 2.05) is 6.92 Å². The Kier molecular flexibility index (Phi) is 5.04. The number of allylic oxidation sites excluding steroid dienone is 1. The third-order valence-electron chi connectivity index (χ3n) is 2.35. The first-order valence-corrected chi connectivity index (χ1v) is 5.90. The number of hydrogen-bond acceptors (Lipinski definition) is 1. The molecule has 0 amide bonds. The molecule has 86 valence electrons. The van der Waals surface area contributed by atoms with Gasteiger partial charge in [-0.3, -0.25) is 4.79 Å². The molecule has 1 rings (SSSR count). The Bertz CT molecular complexity index is 410. The predicted octanol–water partition coefficient (Wildman–Crippen LogP) is 4.46. The fourth-order valence-electron chi connectivity index (χ4n) is 1.34. The Labute approximate surface area is 106 Å². The molecule has 0 saturated carbocycles. The minimum Gasteiger partial charge on any atom is -0.299 e. The van der Waals surface area contributed by atoms with Crippen molar-refractivity contribution < 1.29 is 4.79 Å². The van der Waals surface area contributed by atoms with Crippen LogP contribution in [0.25, 0.3) is 0 Å². The lowest BCUT2D eigenvalue weighted by Crippen LogP contribution is -2.04. The zero-order chi connectivity index (χ0) is 12.1. The van der Waals surface area contributed by atoms with E-state index in [2.05, 4.69) is 6.58 Å². The van der Waals surface area contributed by atoms with Gasteiger partial charge in [0.05, 0.1) is 0 Å². The molecular weight excluding hydrogens is 243 g/mol. The third kappa shape index (κ3) is 3.99. The molecule has 0 N–H and O–H groups in total. The van der Waals surface area contributed by atoms with Crippen molar-refractivity contribution in [1.82, 2.24) is 0 Å². The summed E-state index contributed by atoms with van der Waals surface area (Å²) < 4.78 is 0. The first kappa shape index (κ1) is 13.3. The van der Waals surface area contributed by atoms with Gasteiger partial charge in [0.25, 0.3) is 0 Å². The Morgan fingerprint density at radius 1 is 1.38 bits per heavy atom. The van der Waals surface area contributed by atoms with Crippen molar-refractivity contribution in [3.05, 3.63) is 46.0 Å². The van der Waals surface area contributed by atoms with Gasteiger partial charge in [0, 0.05) is 22.9 Å². The molecule has 0 saturated heterocycles. The van der Waals surface area contributed by atoms with E-state index in [1.54, 1.807) is 18.2 Å². The summed E-state index contributed by atoms with van der Waals surface area (Å²) >= 11 is 11.8. The molecule has 0 bridgehead atoms. The highest BCUT2D eigenvalue weighted by Gasteiger charge is 2.08. The van der Waals surface area contributed by atoms with E-state index in [4.69, 9.17) is 23.2 Å². The molecule has 0 aliphatic rings. The first-order chi connectivity index (χ1) is 7.52. The van der Waals surface area contributed by atoms with Crippen LogP contribution in [0.1, 0.15) is 25.3 Å². The van der Waals surface area contributed by atoms with E-state index >= 15 is 0 Å². The van der Waals surface area contributed by atoms with E-state index in [-0.39, 0.29) is 5.78 Å². The zero-order valence-corrected chi connectivity index (χ0v) is 10.7. The Morgan fingerprint density at radius 2 is 2.06 bits per heavy atom. The van der Waals surface area contributed by atoms with Gasteiger partial charge in [-0.05, 0) is 24.1 Å². The Morgan fingerprint density at radius 3 is 2.62 bits per heavy atom. The summed E-state index contributed by atoms with van der Waals surface area (Å²) in [5.74, 6) is 0.135. The van der Waals surface area contributed by atoms with Crippen LogP contribution in [-0.4, -0.2) is 5.78 Å². The standard InChI is InChI=1S/C13H14Cl2O/c1-3-9(2)6-12(16)7-10-4-5-11(14)8-13(10)15/h4-5,8H,2-3,6-7H2,1H3. The predicted molar refractivity (Wildman–Crippen MR) is 69.2 cm³/mol. The van der Waals surface area contributed by atoms with Crippen LogP contribution in [0.2, 0.25) is 10.0 Å². The van der Waals surface area contributed by atoms with Crippen molar-refractivity contribution in [3.8, 4) is 0 Å². The molecular formula is C13H14Cl2O. The molecule has 0 aliphatic heterocycles. The number of Topliss-reactive ketones (excluding diaryl/α,β-unsaturated/α-hetero) is 1. The van der Waals surface area contributed by atoms with Crippen LogP contribution >= 0.6 is 23.2 Å². The van der Waals surface area contributed by atoms with Crippen LogP contribution in [-0.2, 0) is 11.2 Å². The maximum Gasteiger partial charge on any atom is 0.141 e. The van der Waals surface area contributed by atoms with Gasteiger partial charge in [-0.25, -0.2) is 0 Å². The molecule has 0 spiro atoms. The van der Waals surface area contributed by atoms with Crippen LogP contribution in [0.15, 0.2) is 30.4 Å². The van der Waals surface area contributed by atoms with Crippen molar-refractivity contribution in [3.63, 3.8) is 0 Å². The van der Waals surface area contributed by atoms with Crippen molar-refractivity contribution in [2.24, 2.45) is 0 Å². The summed E-state index contributed by atoms with van der Waals surface area (Å²) in [5, 5.41) is 1.13. The lowest BCUT2D eigenvalue weighted by atomic mass is 10.0. The fourth-order valence-corrected chi connectivity index (χ4v) is 1.82. The van der Waals surface area contributed by atoms with Gasteiger partial charge in [0.1, 0.15) is 5.78 Å². The number of carbonyl (C=O) groups excluding carboxylic acids is 1. The highest BCUT2D eigenvalue weighted by atomic mass is 35.5. The molecule has 0 aliphatic carbocycles. The highest BCUT2D eigenvalue weighted by Crippen LogP contribution is 2.22. The van der Waals surface area contributed by atoms with E-state index in [1.165, 1.54) is 0 Å². The number of hydrogen-bond donors (Lipinski definition) is 0. The largest absolute Gasteiger partial charge is 0.299 e. The van der Waals surface area contributed by atoms with E-state index in [0.29, 0.717) is 22.9 Å². The van der Waals surface area contributed by atoms with Gasteiger partial charge in [-0.1, -0.05) is 48.3 Å². The van der Waals surface area contributed by atoms with Crippen molar-refractivity contribution in [2.75, 3.05) is 0 Å². The lowest BCUT2D eigenvalue weighted by Gasteiger charge is -2.05. The summed E-state index contributed by atoms with van der Waals surface area (Å²) in [4.78, 5) is 11.7. The summed E-state index contributed by atoms with van der Waals surface area (Å²) in [6, 6.07) is 5.18. The van der Waals surface area contributed by atoms with Crippen molar-refractivity contribution in [1.29, 1.82) is 0 Å². The van der Waals surface area contributed by atoms with Gasteiger partial charge in [-0.2, -0.15) is 0 Å². The molecule has 0 radical (unpaired) electrons. The molecule has 1 aromatic rings. The molecule has 0 fully saturated rings. The summed E-state index contributed by atoms with van der Waals surface area (Å²) in [6.45, 7) is 5.81. The van der Waals surface area contributed by atoms with Gasteiger partial charge >= 0.3 is 0 Å². The first-order valence-electron chi connectivity index (χ1n) is 5.15. The molecule has 1 aromatic carbocycles. The Balaban J connectivity index is 2.66. The molecule has 16 heavy (non-hydrogen) atoms. The van der Waals surface area contributed by atoms with Crippen molar-refractivity contribution >= 4 is 29.0 Å². The summed E-state index contributed by atoms with van der Waals surface area (Å²) in [6.07, 6.45) is 1.60. The Hall–Kier alpha value is -0.790. The van der Waals surface area contributed by atoms with Crippen LogP contribution in [0.5, 0.6) is 0 Å². The second-order valence-electron chi connectivity index (χ2n) is 3.73. The third-order valence-corrected chi connectivity index (χ3v) is 2.94. The van der Waals surface area contributed by atoms with Gasteiger partial charge in [0.2, 0.25) is 0 Å². The van der Waals surface area contributed by atoms with Crippen LogP contribution in [0, 0.1) is 0 Å². The lowest BCUT2D eigenvalue weighted by molar-refractivity contribution is -0.117. The SMILES string of the molecule is C=C(CC)CC(=O)Cc1ccc(Cl)cc1Cl.